The fraction of sp³-hybridized carbons (Fsp3) is 0.429. The smallest absolute Gasteiger partial charge is 0.176 e. The predicted molar refractivity (Wildman–Crippen MR) is 67.8 cm³/mol. The first kappa shape index (κ1) is 12.9. The van der Waals surface area contributed by atoms with Crippen LogP contribution in [0.3, 0.4) is 0 Å². The van der Waals surface area contributed by atoms with Crippen LogP contribution in [0.5, 0.6) is 11.5 Å². The SMILES string of the molecule is COc1cc(O)cc(CC=CC2OCCCO2)c1. The monoisotopic (exact) mass is 250 g/mol. The maximum Gasteiger partial charge on any atom is 0.176 e. The Balaban J connectivity index is 1.92. The van der Waals surface area contributed by atoms with Gasteiger partial charge in [-0.1, -0.05) is 6.08 Å². The summed E-state index contributed by atoms with van der Waals surface area (Å²) in [6, 6.07) is 5.20. The fourth-order valence-electron chi connectivity index (χ4n) is 1.81. The molecular weight excluding hydrogens is 232 g/mol. The van der Waals surface area contributed by atoms with Gasteiger partial charge in [-0.3, -0.25) is 0 Å². The summed E-state index contributed by atoms with van der Waals surface area (Å²) in [6.45, 7) is 1.49. The maximum absolute atomic E-state index is 9.52. The van der Waals surface area contributed by atoms with Crippen LogP contribution in [0.25, 0.3) is 0 Å². The lowest BCUT2D eigenvalue weighted by atomic mass is 10.1. The van der Waals surface area contributed by atoms with E-state index in [1.807, 2.05) is 18.2 Å². The van der Waals surface area contributed by atoms with Gasteiger partial charge in [-0.05, 0) is 36.6 Å². The second kappa shape index (κ2) is 6.42. The van der Waals surface area contributed by atoms with E-state index in [-0.39, 0.29) is 12.0 Å². The van der Waals surface area contributed by atoms with Crippen LogP contribution in [0.4, 0.5) is 0 Å². The summed E-state index contributed by atoms with van der Waals surface area (Å²) in [4.78, 5) is 0. The number of phenolic OH excluding ortho intramolecular Hbond substituents is 1. The zero-order valence-electron chi connectivity index (χ0n) is 10.5. The van der Waals surface area contributed by atoms with Gasteiger partial charge in [0.15, 0.2) is 6.29 Å². The van der Waals surface area contributed by atoms with Crippen LogP contribution in [-0.4, -0.2) is 31.7 Å². The lowest BCUT2D eigenvalue weighted by Crippen LogP contribution is -2.22. The third kappa shape index (κ3) is 3.75. The Kier molecular flexibility index (Phi) is 4.61. The number of phenols is 1. The highest BCUT2D eigenvalue weighted by Gasteiger charge is 2.09. The highest BCUT2D eigenvalue weighted by molar-refractivity contribution is 5.38. The molecule has 0 bridgehead atoms. The number of hydrogen-bond donors (Lipinski definition) is 1. The molecule has 4 nitrogen and oxygen atoms in total. The average Bonchev–Trinajstić information content (AvgIpc) is 2.39. The van der Waals surface area contributed by atoms with Crippen molar-refractivity contribution in [3.63, 3.8) is 0 Å². The number of benzene rings is 1. The molecule has 1 aliphatic rings. The minimum Gasteiger partial charge on any atom is -0.508 e. The minimum absolute atomic E-state index is 0.211. The number of aromatic hydroxyl groups is 1. The topological polar surface area (TPSA) is 47.9 Å². The quantitative estimate of drug-likeness (QED) is 0.833. The molecule has 0 aromatic heterocycles. The Bertz CT molecular complexity index is 408. The molecule has 1 aliphatic heterocycles. The summed E-state index contributed by atoms with van der Waals surface area (Å²) in [7, 11) is 1.58. The van der Waals surface area contributed by atoms with Gasteiger partial charge in [0, 0.05) is 6.07 Å². The first-order valence-corrected chi connectivity index (χ1v) is 6.05. The Labute approximate surface area is 107 Å². The molecule has 1 N–H and O–H groups in total. The Morgan fingerprint density at radius 2 is 2.11 bits per heavy atom. The van der Waals surface area contributed by atoms with Crippen LogP contribution in [0.2, 0.25) is 0 Å². The van der Waals surface area contributed by atoms with E-state index < -0.39 is 0 Å². The summed E-state index contributed by atoms with van der Waals surface area (Å²) < 4.78 is 15.9. The average molecular weight is 250 g/mol. The van der Waals surface area contributed by atoms with Gasteiger partial charge >= 0.3 is 0 Å². The zero-order valence-corrected chi connectivity index (χ0v) is 10.5. The third-order valence-corrected chi connectivity index (χ3v) is 2.69. The van der Waals surface area contributed by atoms with E-state index >= 15 is 0 Å². The molecule has 1 aromatic rings. The Morgan fingerprint density at radius 1 is 1.33 bits per heavy atom. The molecule has 0 spiro atoms. The standard InChI is InChI=1S/C14H18O4/c1-16-13-9-11(8-12(15)10-13)4-2-5-14-17-6-3-7-18-14/h2,5,8-10,14-15H,3-4,6-7H2,1H3. The molecule has 98 valence electrons. The highest BCUT2D eigenvalue weighted by Crippen LogP contribution is 2.22. The Morgan fingerprint density at radius 3 is 2.83 bits per heavy atom. The van der Waals surface area contributed by atoms with Crippen LogP contribution in [0.1, 0.15) is 12.0 Å². The molecule has 1 saturated heterocycles. The molecule has 1 aromatic carbocycles. The summed E-state index contributed by atoms with van der Waals surface area (Å²) in [6.07, 6.45) is 5.29. The van der Waals surface area contributed by atoms with E-state index in [2.05, 4.69) is 0 Å². The number of rotatable bonds is 4. The van der Waals surface area contributed by atoms with E-state index in [0.29, 0.717) is 12.2 Å². The van der Waals surface area contributed by atoms with Crippen molar-refractivity contribution >= 4 is 0 Å². The summed E-state index contributed by atoms with van der Waals surface area (Å²) in [5, 5.41) is 9.52. The van der Waals surface area contributed by atoms with Crippen molar-refractivity contribution in [1.29, 1.82) is 0 Å². The van der Waals surface area contributed by atoms with Crippen LogP contribution in [-0.2, 0) is 15.9 Å². The van der Waals surface area contributed by atoms with Gasteiger partial charge < -0.3 is 19.3 Å². The first-order chi connectivity index (χ1) is 8.78. The van der Waals surface area contributed by atoms with E-state index in [1.165, 1.54) is 0 Å². The van der Waals surface area contributed by atoms with Gasteiger partial charge in [0.2, 0.25) is 0 Å². The van der Waals surface area contributed by atoms with Gasteiger partial charge in [-0.15, -0.1) is 0 Å². The summed E-state index contributed by atoms with van der Waals surface area (Å²) >= 11 is 0. The second-order valence-corrected chi connectivity index (χ2v) is 4.14. The van der Waals surface area contributed by atoms with Gasteiger partial charge in [0.1, 0.15) is 11.5 Å². The van der Waals surface area contributed by atoms with E-state index in [9.17, 15) is 5.11 Å². The van der Waals surface area contributed by atoms with E-state index in [1.54, 1.807) is 19.2 Å². The number of hydrogen-bond acceptors (Lipinski definition) is 4. The number of ether oxygens (including phenoxy) is 3. The molecular formula is C14H18O4. The molecule has 0 unspecified atom stereocenters. The van der Waals surface area contributed by atoms with Crippen LogP contribution in [0.15, 0.2) is 30.4 Å². The van der Waals surface area contributed by atoms with Crippen molar-refractivity contribution in [1.82, 2.24) is 0 Å². The summed E-state index contributed by atoms with van der Waals surface area (Å²) in [5.41, 5.74) is 0.985. The predicted octanol–water partition coefficient (Wildman–Crippen LogP) is 2.26. The Hall–Kier alpha value is -1.52. The lowest BCUT2D eigenvalue weighted by molar-refractivity contribution is -0.149. The van der Waals surface area contributed by atoms with Gasteiger partial charge in [-0.25, -0.2) is 0 Å². The first-order valence-electron chi connectivity index (χ1n) is 6.05. The van der Waals surface area contributed by atoms with Crippen molar-refractivity contribution in [2.45, 2.75) is 19.1 Å². The molecule has 18 heavy (non-hydrogen) atoms. The third-order valence-electron chi connectivity index (χ3n) is 2.69. The lowest BCUT2D eigenvalue weighted by Gasteiger charge is -2.20. The van der Waals surface area contributed by atoms with Gasteiger partial charge in [-0.2, -0.15) is 0 Å². The number of allylic oxidation sites excluding steroid dienone is 1. The molecule has 0 aliphatic carbocycles. The van der Waals surface area contributed by atoms with Gasteiger partial charge in [0.05, 0.1) is 20.3 Å². The van der Waals surface area contributed by atoms with Crippen LogP contribution < -0.4 is 4.74 Å². The zero-order chi connectivity index (χ0) is 12.8. The van der Waals surface area contributed by atoms with Crippen molar-refractivity contribution in [3.8, 4) is 11.5 Å². The molecule has 0 atom stereocenters. The maximum atomic E-state index is 9.52. The molecule has 1 fully saturated rings. The minimum atomic E-state index is -0.238. The second-order valence-electron chi connectivity index (χ2n) is 4.14. The van der Waals surface area contributed by atoms with Gasteiger partial charge in [0.25, 0.3) is 0 Å². The van der Waals surface area contributed by atoms with E-state index in [4.69, 9.17) is 14.2 Å². The van der Waals surface area contributed by atoms with Crippen molar-refractivity contribution in [2.75, 3.05) is 20.3 Å². The van der Waals surface area contributed by atoms with Crippen LogP contribution in [0, 0.1) is 0 Å². The van der Waals surface area contributed by atoms with Crippen molar-refractivity contribution in [2.24, 2.45) is 0 Å². The van der Waals surface area contributed by atoms with Crippen molar-refractivity contribution in [3.05, 3.63) is 35.9 Å². The molecule has 0 amide bonds. The normalized spacial score (nSPS) is 17.2. The van der Waals surface area contributed by atoms with Crippen molar-refractivity contribution < 1.29 is 19.3 Å². The molecule has 1 heterocycles. The van der Waals surface area contributed by atoms with E-state index in [0.717, 1.165) is 25.2 Å². The fourth-order valence-corrected chi connectivity index (χ4v) is 1.81. The highest BCUT2D eigenvalue weighted by atomic mass is 16.7. The van der Waals surface area contributed by atoms with Crippen LogP contribution >= 0.6 is 0 Å². The molecule has 0 saturated carbocycles. The largest absolute Gasteiger partial charge is 0.508 e. The molecule has 2 rings (SSSR count). The summed E-state index contributed by atoms with van der Waals surface area (Å²) in [5.74, 6) is 0.867. The molecule has 4 heteroatoms. The molecule has 0 radical (unpaired) electrons. The number of methoxy groups -OCH3 is 1.